The molecule has 0 aliphatic heterocycles. The Morgan fingerprint density at radius 1 is 1.41 bits per heavy atom. The maximum atomic E-state index is 12.4. The zero-order chi connectivity index (χ0) is 13.0. The van der Waals surface area contributed by atoms with Crippen LogP contribution in [0.3, 0.4) is 0 Å². The second kappa shape index (κ2) is 3.32. The summed E-state index contributed by atoms with van der Waals surface area (Å²) in [4.78, 5) is 16.7. The predicted molar refractivity (Wildman–Crippen MR) is 65.6 cm³/mol. The topological polar surface area (TPSA) is 69.7 Å². The Bertz CT molecular complexity index is 644. The summed E-state index contributed by atoms with van der Waals surface area (Å²) in [5, 5.41) is 0. The number of aryl methyl sites for hydroxylation is 2. The van der Waals surface area contributed by atoms with Gasteiger partial charge in [-0.2, -0.15) is 0 Å². The van der Waals surface area contributed by atoms with Crippen LogP contribution in [-0.2, 0) is 19.6 Å². The highest BCUT2D eigenvalue weighted by Crippen LogP contribution is 2.16. The standard InChI is InChI=1S/C11H17N5O/c1-11(2,3)16-9(17)8-7(13-10(16)12)6-14(4)15(8)5/h6H,1-5H3,(H-,12,13,17)/p+1. The Balaban J connectivity index is 2.99. The summed E-state index contributed by atoms with van der Waals surface area (Å²) in [6.45, 7) is 5.80. The minimum Gasteiger partial charge on any atom is -0.369 e. The van der Waals surface area contributed by atoms with Crippen molar-refractivity contribution in [2.75, 3.05) is 5.73 Å². The predicted octanol–water partition coefficient (Wildman–Crippen LogP) is -0.103. The molecular weight excluding hydrogens is 218 g/mol. The molecular formula is C11H18N5O+. The molecule has 2 aromatic heterocycles. The number of nitrogens with zero attached hydrogens (tertiary/aromatic N) is 4. The largest absolute Gasteiger partial charge is 0.369 e. The van der Waals surface area contributed by atoms with Crippen molar-refractivity contribution in [2.45, 2.75) is 26.3 Å². The summed E-state index contributed by atoms with van der Waals surface area (Å²) in [5.74, 6) is 0.251. The van der Waals surface area contributed by atoms with Crippen LogP contribution in [0.15, 0.2) is 11.0 Å². The molecule has 0 amide bonds. The van der Waals surface area contributed by atoms with E-state index in [2.05, 4.69) is 4.98 Å². The molecule has 0 unspecified atom stereocenters. The van der Waals surface area contributed by atoms with Crippen molar-refractivity contribution in [1.82, 2.24) is 14.2 Å². The maximum absolute atomic E-state index is 12.4. The number of hydrogen-bond donors (Lipinski definition) is 1. The number of fused-ring (bicyclic) bond motifs is 1. The SMILES string of the molecule is Cn1c2c(=O)n(C(C)(C)C)c(N)nc2c[n+]1C. The molecule has 0 aliphatic carbocycles. The fourth-order valence-electron chi connectivity index (χ4n) is 2.01. The summed E-state index contributed by atoms with van der Waals surface area (Å²) >= 11 is 0. The van der Waals surface area contributed by atoms with E-state index in [1.807, 2.05) is 39.5 Å². The van der Waals surface area contributed by atoms with Gasteiger partial charge in [0.2, 0.25) is 12.1 Å². The Labute approximate surface area is 99.3 Å². The first-order valence-electron chi connectivity index (χ1n) is 5.48. The molecule has 0 saturated carbocycles. The van der Waals surface area contributed by atoms with Crippen molar-refractivity contribution in [2.24, 2.45) is 14.1 Å². The molecule has 2 rings (SSSR count). The molecule has 2 N–H and O–H groups in total. The van der Waals surface area contributed by atoms with Crippen LogP contribution in [0, 0.1) is 0 Å². The maximum Gasteiger partial charge on any atom is 0.285 e. The Morgan fingerprint density at radius 2 is 2.00 bits per heavy atom. The van der Waals surface area contributed by atoms with E-state index in [9.17, 15) is 4.79 Å². The first kappa shape index (κ1) is 11.6. The van der Waals surface area contributed by atoms with Crippen LogP contribution in [0.5, 0.6) is 0 Å². The van der Waals surface area contributed by atoms with Gasteiger partial charge in [-0.15, -0.1) is 9.36 Å². The van der Waals surface area contributed by atoms with Crippen LogP contribution in [0.1, 0.15) is 20.8 Å². The number of anilines is 1. The van der Waals surface area contributed by atoms with E-state index in [0.717, 1.165) is 0 Å². The number of nitrogens with two attached hydrogens (primary N) is 1. The van der Waals surface area contributed by atoms with Gasteiger partial charge in [-0.05, 0) is 20.8 Å². The van der Waals surface area contributed by atoms with Gasteiger partial charge in [-0.3, -0.25) is 9.36 Å². The van der Waals surface area contributed by atoms with E-state index in [1.165, 1.54) is 4.57 Å². The Morgan fingerprint density at radius 3 is 2.53 bits per heavy atom. The van der Waals surface area contributed by atoms with Gasteiger partial charge in [0.25, 0.3) is 5.56 Å². The average Bonchev–Trinajstić information content (AvgIpc) is 2.39. The summed E-state index contributed by atoms with van der Waals surface area (Å²) in [6, 6.07) is 0. The fraction of sp³-hybridized carbons (Fsp3) is 0.545. The van der Waals surface area contributed by atoms with Gasteiger partial charge in [0.05, 0.1) is 7.05 Å². The normalized spacial score (nSPS) is 12.3. The number of rotatable bonds is 0. The van der Waals surface area contributed by atoms with Crippen LogP contribution < -0.4 is 16.0 Å². The summed E-state index contributed by atoms with van der Waals surface area (Å²) in [7, 11) is 3.69. The van der Waals surface area contributed by atoms with Gasteiger partial charge >= 0.3 is 0 Å². The minimum atomic E-state index is -0.384. The molecule has 0 saturated heterocycles. The van der Waals surface area contributed by atoms with Gasteiger partial charge in [0, 0.05) is 5.54 Å². The first-order valence-corrected chi connectivity index (χ1v) is 5.48. The molecule has 0 spiro atoms. The molecule has 0 atom stereocenters. The quantitative estimate of drug-likeness (QED) is 0.649. The molecule has 0 radical (unpaired) electrons. The van der Waals surface area contributed by atoms with Crippen LogP contribution in [0.4, 0.5) is 5.95 Å². The lowest BCUT2D eigenvalue weighted by Crippen LogP contribution is -2.40. The molecule has 2 heterocycles. The van der Waals surface area contributed by atoms with E-state index in [0.29, 0.717) is 11.0 Å². The van der Waals surface area contributed by atoms with E-state index < -0.39 is 0 Å². The summed E-state index contributed by atoms with van der Waals surface area (Å²) < 4.78 is 5.10. The molecule has 0 aliphatic rings. The van der Waals surface area contributed by atoms with Crippen molar-refractivity contribution in [3.8, 4) is 0 Å². The zero-order valence-corrected chi connectivity index (χ0v) is 10.9. The number of nitrogen functional groups attached to an aromatic ring is 1. The Kier molecular flexibility index (Phi) is 2.27. The smallest absolute Gasteiger partial charge is 0.285 e. The van der Waals surface area contributed by atoms with Crippen molar-refractivity contribution >= 4 is 17.0 Å². The molecule has 2 aromatic rings. The minimum absolute atomic E-state index is 0.108. The van der Waals surface area contributed by atoms with E-state index >= 15 is 0 Å². The van der Waals surface area contributed by atoms with Crippen molar-refractivity contribution in [3.63, 3.8) is 0 Å². The monoisotopic (exact) mass is 236 g/mol. The third kappa shape index (κ3) is 1.60. The van der Waals surface area contributed by atoms with Gasteiger partial charge < -0.3 is 5.73 Å². The number of hydrogen-bond acceptors (Lipinski definition) is 3. The third-order valence-electron chi connectivity index (χ3n) is 2.89. The van der Waals surface area contributed by atoms with E-state index in [4.69, 9.17) is 5.73 Å². The van der Waals surface area contributed by atoms with E-state index in [1.54, 1.807) is 10.9 Å². The zero-order valence-electron chi connectivity index (χ0n) is 10.9. The average molecular weight is 236 g/mol. The van der Waals surface area contributed by atoms with Crippen molar-refractivity contribution in [1.29, 1.82) is 0 Å². The Hall–Kier alpha value is -1.85. The lowest BCUT2D eigenvalue weighted by molar-refractivity contribution is -0.748. The highest BCUT2D eigenvalue weighted by molar-refractivity contribution is 5.73. The van der Waals surface area contributed by atoms with Crippen LogP contribution in [0.2, 0.25) is 0 Å². The second-order valence-corrected chi connectivity index (χ2v) is 5.24. The molecule has 0 bridgehead atoms. The van der Waals surface area contributed by atoms with Gasteiger partial charge in [0.15, 0.2) is 18.1 Å². The van der Waals surface area contributed by atoms with Gasteiger partial charge in [0.1, 0.15) is 0 Å². The molecule has 92 valence electrons. The second-order valence-electron chi connectivity index (χ2n) is 5.24. The summed E-state index contributed by atoms with van der Waals surface area (Å²) in [5.41, 5.74) is 6.56. The van der Waals surface area contributed by atoms with Gasteiger partial charge in [-0.1, -0.05) is 0 Å². The molecule has 6 nitrogen and oxygen atoms in total. The highest BCUT2D eigenvalue weighted by atomic mass is 16.1. The number of aromatic nitrogens is 4. The fourth-order valence-corrected chi connectivity index (χ4v) is 2.01. The molecule has 0 fully saturated rings. The highest BCUT2D eigenvalue weighted by Gasteiger charge is 2.24. The van der Waals surface area contributed by atoms with Crippen LogP contribution >= 0.6 is 0 Å². The van der Waals surface area contributed by atoms with E-state index in [-0.39, 0.29) is 17.0 Å². The van der Waals surface area contributed by atoms with Crippen molar-refractivity contribution in [3.05, 3.63) is 16.6 Å². The summed E-state index contributed by atoms with van der Waals surface area (Å²) in [6.07, 6.45) is 1.79. The molecule has 0 aromatic carbocycles. The van der Waals surface area contributed by atoms with Crippen LogP contribution in [-0.4, -0.2) is 14.2 Å². The van der Waals surface area contributed by atoms with Crippen LogP contribution in [0.25, 0.3) is 11.0 Å². The first-order chi connectivity index (χ1) is 7.73. The third-order valence-corrected chi connectivity index (χ3v) is 2.89. The molecule has 17 heavy (non-hydrogen) atoms. The van der Waals surface area contributed by atoms with Gasteiger partial charge in [-0.25, -0.2) is 4.98 Å². The van der Waals surface area contributed by atoms with Crippen molar-refractivity contribution < 1.29 is 4.68 Å². The molecule has 6 heteroatoms. The lowest BCUT2D eigenvalue weighted by Gasteiger charge is -2.23. The lowest BCUT2D eigenvalue weighted by atomic mass is 10.1.